The summed E-state index contributed by atoms with van der Waals surface area (Å²) in [6.45, 7) is 0. The van der Waals surface area contributed by atoms with Crippen LogP contribution < -0.4 is 4.74 Å². The van der Waals surface area contributed by atoms with Crippen LogP contribution in [0.25, 0.3) is 10.8 Å². The fourth-order valence-electron chi connectivity index (χ4n) is 2.92. The molecule has 0 N–H and O–H groups in total. The molecule has 1 fully saturated rings. The summed E-state index contributed by atoms with van der Waals surface area (Å²) < 4.78 is 5.36. The first-order valence-electron chi connectivity index (χ1n) is 6.82. The van der Waals surface area contributed by atoms with E-state index in [4.69, 9.17) is 4.74 Å². The van der Waals surface area contributed by atoms with E-state index in [0.29, 0.717) is 30.6 Å². The number of methoxy groups -OCH3 is 1. The lowest BCUT2D eigenvalue weighted by atomic mass is 9.91. The number of benzene rings is 2. The number of rotatable bonds is 3. The highest BCUT2D eigenvalue weighted by molar-refractivity contribution is 6.12. The van der Waals surface area contributed by atoms with Gasteiger partial charge in [-0.2, -0.15) is 0 Å². The molecular weight excluding hydrogens is 252 g/mol. The lowest BCUT2D eigenvalue weighted by molar-refractivity contribution is -0.117. The summed E-state index contributed by atoms with van der Waals surface area (Å²) in [5, 5.41) is 1.91. The summed E-state index contributed by atoms with van der Waals surface area (Å²) in [5.74, 6) is 0.613. The van der Waals surface area contributed by atoms with Gasteiger partial charge in [0.05, 0.1) is 12.7 Å². The third-order valence-corrected chi connectivity index (χ3v) is 3.97. The molecule has 2 aromatic carbocycles. The molecular formula is C17H16O3. The van der Waals surface area contributed by atoms with Gasteiger partial charge in [-0.1, -0.05) is 30.3 Å². The van der Waals surface area contributed by atoms with E-state index in [1.54, 1.807) is 7.11 Å². The maximum Gasteiger partial charge on any atom is 0.170 e. The minimum Gasteiger partial charge on any atom is -0.496 e. The van der Waals surface area contributed by atoms with Gasteiger partial charge < -0.3 is 4.74 Å². The predicted octanol–water partition coefficient (Wildman–Crippen LogP) is 3.40. The van der Waals surface area contributed by atoms with Crippen molar-refractivity contribution < 1.29 is 14.3 Å². The van der Waals surface area contributed by atoms with Gasteiger partial charge in [0, 0.05) is 18.8 Å². The molecule has 3 rings (SSSR count). The summed E-state index contributed by atoms with van der Waals surface area (Å²) in [6, 6.07) is 11.5. The molecule has 3 nitrogen and oxygen atoms in total. The molecule has 1 aliphatic rings. The predicted molar refractivity (Wildman–Crippen MR) is 77.2 cm³/mol. The minimum atomic E-state index is -0.192. The number of ketones is 2. The molecule has 1 aliphatic carbocycles. The van der Waals surface area contributed by atoms with Crippen LogP contribution in [0.4, 0.5) is 0 Å². The smallest absolute Gasteiger partial charge is 0.170 e. The van der Waals surface area contributed by atoms with Crippen LogP contribution in [0.5, 0.6) is 5.75 Å². The lowest BCUT2D eigenvalue weighted by Crippen LogP contribution is -2.13. The Balaban J connectivity index is 2.13. The highest BCUT2D eigenvalue weighted by atomic mass is 16.5. The molecule has 1 unspecified atom stereocenters. The zero-order valence-electron chi connectivity index (χ0n) is 11.4. The molecule has 0 heterocycles. The molecule has 0 radical (unpaired) electrons. The lowest BCUT2D eigenvalue weighted by Gasteiger charge is -2.14. The number of ether oxygens (including phenoxy) is 1. The van der Waals surface area contributed by atoms with Crippen molar-refractivity contribution in [2.24, 2.45) is 5.92 Å². The Morgan fingerprint density at radius 3 is 2.70 bits per heavy atom. The van der Waals surface area contributed by atoms with Gasteiger partial charge >= 0.3 is 0 Å². The average Bonchev–Trinajstić information content (AvgIpc) is 2.92. The molecule has 0 amide bonds. The average molecular weight is 268 g/mol. The maximum absolute atomic E-state index is 12.8. The highest BCUT2D eigenvalue weighted by Gasteiger charge is 2.31. The molecule has 1 atom stereocenters. The molecule has 3 heteroatoms. The van der Waals surface area contributed by atoms with Crippen LogP contribution in [0.1, 0.15) is 29.6 Å². The fourth-order valence-corrected chi connectivity index (χ4v) is 2.92. The SMILES string of the molecule is COc1ccc2ccccc2c1C(=O)C1CCC(=O)C1. The van der Waals surface area contributed by atoms with Crippen LogP contribution in [0.2, 0.25) is 0 Å². The summed E-state index contributed by atoms with van der Waals surface area (Å²) in [6.07, 6.45) is 1.54. The van der Waals surface area contributed by atoms with Crippen molar-refractivity contribution in [1.29, 1.82) is 0 Å². The number of carbonyl (C=O) groups is 2. The van der Waals surface area contributed by atoms with Crippen LogP contribution in [0.15, 0.2) is 36.4 Å². The monoisotopic (exact) mass is 268 g/mol. The van der Waals surface area contributed by atoms with Crippen LogP contribution in [-0.4, -0.2) is 18.7 Å². The van der Waals surface area contributed by atoms with Gasteiger partial charge in [0.1, 0.15) is 11.5 Å². The van der Waals surface area contributed by atoms with E-state index < -0.39 is 0 Å². The van der Waals surface area contributed by atoms with E-state index >= 15 is 0 Å². The van der Waals surface area contributed by atoms with Crippen molar-refractivity contribution in [2.75, 3.05) is 7.11 Å². The van der Waals surface area contributed by atoms with Crippen LogP contribution in [0.3, 0.4) is 0 Å². The molecule has 0 aromatic heterocycles. The molecule has 20 heavy (non-hydrogen) atoms. The van der Waals surface area contributed by atoms with Gasteiger partial charge in [0.25, 0.3) is 0 Å². The second-order valence-corrected chi connectivity index (χ2v) is 5.21. The first kappa shape index (κ1) is 12.9. The number of hydrogen-bond acceptors (Lipinski definition) is 3. The second kappa shape index (κ2) is 5.08. The summed E-state index contributed by atoms with van der Waals surface area (Å²) in [4.78, 5) is 24.2. The quantitative estimate of drug-likeness (QED) is 0.801. The van der Waals surface area contributed by atoms with Crippen LogP contribution >= 0.6 is 0 Å². The van der Waals surface area contributed by atoms with Crippen LogP contribution in [0, 0.1) is 5.92 Å². The van der Waals surface area contributed by atoms with Crippen molar-refractivity contribution in [3.8, 4) is 5.75 Å². The molecule has 1 saturated carbocycles. The van der Waals surface area contributed by atoms with E-state index in [1.165, 1.54) is 0 Å². The molecule has 102 valence electrons. The molecule has 0 aliphatic heterocycles. The van der Waals surface area contributed by atoms with Gasteiger partial charge in [-0.15, -0.1) is 0 Å². The third-order valence-electron chi connectivity index (χ3n) is 3.97. The third kappa shape index (κ3) is 2.09. The van der Waals surface area contributed by atoms with Gasteiger partial charge in [0.15, 0.2) is 5.78 Å². The van der Waals surface area contributed by atoms with Crippen molar-refractivity contribution in [2.45, 2.75) is 19.3 Å². The molecule has 0 spiro atoms. The van der Waals surface area contributed by atoms with Gasteiger partial charge in [-0.05, 0) is 23.3 Å². The van der Waals surface area contributed by atoms with Gasteiger partial charge in [-0.25, -0.2) is 0 Å². The number of fused-ring (bicyclic) bond motifs is 1. The Morgan fingerprint density at radius 2 is 2.00 bits per heavy atom. The van der Waals surface area contributed by atoms with Crippen molar-refractivity contribution in [3.63, 3.8) is 0 Å². The van der Waals surface area contributed by atoms with Crippen LogP contribution in [-0.2, 0) is 4.79 Å². The number of carbonyl (C=O) groups excluding carboxylic acids is 2. The zero-order chi connectivity index (χ0) is 14.1. The van der Waals surface area contributed by atoms with Gasteiger partial charge in [0.2, 0.25) is 0 Å². The standard InChI is InChI=1S/C17H16O3/c1-20-15-9-7-11-4-2-3-5-14(11)16(15)17(19)12-6-8-13(18)10-12/h2-5,7,9,12H,6,8,10H2,1H3. The van der Waals surface area contributed by atoms with Crippen molar-refractivity contribution >= 4 is 22.3 Å². The normalized spacial score (nSPS) is 18.4. The Bertz CT molecular complexity index is 688. The van der Waals surface area contributed by atoms with E-state index in [2.05, 4.69) is 0 Å². The first-order chi connectivity index (χ1) is 9.70. The van der Waals surface area contributed by atoms with Gasteiger partial charge in [-0.3, -0.25) is 9.59 Å². The van der Waals surface area contributed by atoms with E-state index in [1.807, 2.05) is 36.4 Å². The van der Waals surface area contributed by atoms with Crippen molar-refractivity contribution in [3.05, 3.63) is 42.0 Å². The Hall–Kier alpha value is -2.16. The van der Waals surface area contributed by atoms with E-state index in [0.717, 1.165) is 10.8 Å². The minimum absolute atomic E-state index is 0.0319. The molecule has 0 bridgehead atoms. The fraction of sp³-hybridized carbons (Fsp3) is 0.294. The number of hydrogen-bond donors (Lipinski definition) is 0. The largest absolute Gasteiger partial charge is 0.496 e. The summed E-state index contributed by atoms with van der Waals surface area (Å²) >= 11 is 0. The topological polar surface area (TPSA) is 43.4 Å². The molecule has 2 aromatic rings. The summed E-state index contributed by atoms with van der Waals surface area (Å²) in [7, 11) is 1.57. The highest BCUT2D eigenvalue weighted by Crippen LogP contribution is 2.34. The first-order valence-corrected chi connectivity index (χ1v) is 6.82. The maximum atomic E-state index is 12.8. The van der Waals surface area contributed by atoms with Crippen molar-refractivity contribution in [1.82, 2.24) is 0 Å². The Labute approximate surface area is 117 Å². The summed E-state index contributed by atoms with van der Waals surface area (Å²) in [5.41, 5.74) is 0.616. The zero-order valence-corrected chi connectivity index (χ0v) is 11.4. The Kier molecular flexibility index (Phi) is 3.26. The molecule has 0 saturated heterocycles. The second-order valence-electron chi connectivity index (χ2n) is 5.21. The van der Waals surface area contributed by atoms with E-state index in [9.17, 15) is 9.59 Å². The Morgan fingerprint density at radius 1 is 1.20 bits per heavy atom. The number of Topliss-reactive ketones (excluding diaryl/α,β-unsaturated/α-hetero) is 2. The van der Waals surface area contributed by atoms with E-state index in [-0.39, 0.29) is 17.5 Å².